The van der Waals surface area contributed by atoms with E-state index in [0.29, 0.717) is 5.92 Å². The van der Waals surface area contributed by atoms with E-state index in [1.807, 2.05) is 0 Å². The summed E-state index contributed by atoms with van der Waals surface area (Å²) in [6.07, 6.45) is 9.60. The zero-order chi connectivity index (χ0) is 12.7. The fourth-order valence-corrected chi connectivity index (χ4v) is 2.36. The van der Waals surface area contributed by atoms with E-state index < -0.39 is 0 Å². The lowest BCUT2D eigenvalue weighted by atomic mass is 9.89. The SMILES string of the molecule is C=C(C)CNCC(C)CC1=C(CC)CCC=C1. The van der Waals surface area contributed by atoms with Gasteiger partial charge in [-0.25, -0.2) is 0 Å². The van der Waals surface area contributed by atoms with E-state index in [1.165, 1.54) is 31.3 Å². The molecule has 0 bridgehead atoms. The molecule has 1 heteroatoms. The molecule has 0 fully saturated rings. The fourth-order valence-electron chi connectivity index (χ4n) is 2.36. The third-order valence-corrected chi connectivity index (χ3v) is 3.30. The van der Waals surface area contributed by atoms with Crippen molar-refractivity contribution in [2.24, 2.45) is 5.92 Å². The first-order valence-corrected chi connectivity index (χ1v) is 6.86. The molecule has 0 amide bonds. The molecule has 1 unspecified atom stereocenters. The number of allylic oxidation sites excluding steroid dienone is 4. The van der Waals surface area contributed by atoms with Crippen LogP contribution in [0.5, 0.6) is 0 Å². The van der Waals surface area contributed by atoms with E-state index >= 15 is 0 Å². The number of hydrogen-bond donors (Lipinski definition) is 1. The molecule has 1 nitrogen and oxygen atoms in total. The van der Waals surface area contributed by atoms with Crippen LogP contribution in [0.4, 0.5) is 0 Å². The Kier molecular flexibility index (Phi) is 6.28. The van der Waals surface area contributed by atoms with Gasteiger partial charge < -0.3 is 5.32 Å². The fraction of sp³-hybridized carbons (Fsp3) is 0.625. The second-order valence-electron chi connectivity index (χ2n) is 5.32. The smallest absolute Gasteiger partial charge is 0.0159 e. The van der Waals surface area contributed by atoms with Gasteiger partial charge in [-0.15, -0.1) is 0 Å². The Morgan fingerprint density at radius 3 is 2.94 bits per heavy atom. The van der Waals surface area contributed by atoms with Gasteiger partial charge >= 0.3 is 0 Å². The molecule has 0 aromatic rings. The van der Waals surface area contributed by atoms with Crippen molar-refractivity contribution < 1.29 is 0 Å². The van der Waals surface area contributed by atoms with Gasteiger partial charge in [-0.2, -0.15) is 0 Å². The van der Waals surface area contributed by atoms with E-state index in [9.17, 15) is 0 Å². The second kappa shape index (κ2) is 7.50. The molecule has 96 valence electrons. The Balaban J connectivity index is 2.39. The lowest BCUT2D eigenvalue weighted by Crippen LogP contribution is -2.23. The first-order valence-electron chi connectivity index (χ1n) is 6.86. The van der Waals surface area contributed by atoms with Crippen LogP contribution in [0, 0.1) is 5.92 Å². The van der Waals surface area contributed by atoms with E-state index in [-0.39, 0.29) is 0 Å². The number of hydrogen-bond acceptors (Lipinski definition) is 1. The van der Waals surface area contributed by atoms with Gasteiger partial charge in [0.25, 0.3) is 0 Å². The summed E-state index contributed by atoms with van der Waals surface area (Å²) in [5.74, 6) is 0.702. The molecule has 1 N–H and O–H groups in total. The number of rotatable bonds is 7. The summed E-state index contributed by atoms with van der Waals surface area (Å²) < 4.78 is 0. The Morgan fingerprint density at radius 1 is 1.53 bits per heavy atom. The predicted octanol–water partition coefficient (Wildman–Crippen LogP) is 4.23. The maximum atomic E-state index is 3.91. The first-order chi connectivity index (χ1) is 8.13. The van der Waals surface area contributed by atoms with Crippen LogP contribution in [0.2, 0.25) is 0 Å². The molecule has 1 atom stereocenters. The summed E-state index contributed by atoms with van der Waals surface area (Å²) >= 11 is 0. The molecule has 1 aliphatic rings. The van der Waals surface area contributed by atoms with Crippen molar-refractivity contribution in [3.63, 3.8) is 0 Å². The van der Waals surface area contributed by atoms with Gasteiger partial charge in [0, 0.05) is 6.54 Å². The van der Waals surface area contributed by atoms with Crippen molar-refractivity contribution in [3.8, 4) is 0 Å². The van der Waals surface area contributed by atoms with Crippen LogP contribution >= 0.6 is 0 Å². The molecular formula is C16H27N. The normalized spacial score (nSPS) is 17.4. The van der Waals surface area contributed by atoms with E-state index in [2.05, 4.69) is 44.8 Å². The summed E-state index contributed by atoms with van der Waals surface area (Å²) in [7, 11) is 0. The van der Waals surface area contributed by atoms with Crippen LogP contribution in [-0.4, -0.2) is 13.1 Å². The molecule has 0 aromatic carbocycles. The topological polar surface area (TPSA) is 12.0 Å². The molecule has 0 radical (unpaired) electrons. The molecule has 0 aromatic heterocycles. The average molecular weight is 233 g/mol. The molecular weight excluding hydrogens is 206 g/mol. The number of nitrogens with one attached hydrogen (secondary N) is 1. The summed E-state index contributed by atoms with van der Waals surface area (Å²) in [6.45, 7) is 12.6. The largest absolute Gasteiger partial charge is 0.313 e. The van der Waals surface area contributed by atoms with Gasteiger partial charge in [0.1, 0.15) is 0 Å². The van der Waals surface area contributed by atoms with Crippen LogP contribution in [0.3, 0.4) is 0 Å². The van der Waals surface area contributed by atoms with Crippen molar-refractivity contribution >= 4 is 0 Å². The van der Waals surface area contributed by atoms with Crippen molar-refractivity contribution in [2.45, 2.75) is 46.5 Å². The Bertz CT molecular complexity index is 309. The summed E-state index contributed by atoms with van der Waals surface area (Å²) in [4.78, 5) is 0. The lowest BCUT2D eigenvalue weighted by molar-refractivity contribution is 0.523. The highest BCUT2D eigenvalue weighted by atomic mass is 14.9. The monoisotopic (exact) mass is 233 g/mol. The van der Waals surface area contributed by atoms with Crippen molar-refractivity contribution in [1.82, 2.24) is 5.32 Å². The van der Waals surface area contributed by atoms with Crippen LogP contribution < -0.4 is 5.32 Å². The van der Waals surface area contributed by atoms with Crippen molar-refractivity contribution in [2.75, 3.05) is 13.1 Å². The van der Waals surface area contributed by atoms with Gasteiger partial charge in [0.05, 0.1) is 0 Å². The molecule has 0 aliphatic heterocycles. The molecule has 1 aliphatic carbocycles. The first kappa shape index (κ1) is 14.2. The molecule has 17 heavy (non-hydrogen) atoms. The van der Waals surface area contributed by atoms with E-state index in [4.69, 9.17) is 0 Å². The third-order valence-electron chi connectivity index (χ3n) is 3.30. The minimum Gasteiger partial charge on any atom is -0.313 e. The molecule has 0 saturated heterocycles. The Hall–Kier alpha value is -0.820. The second-order valence-corrected chi connectivity index (χ2v) is 5.32. The minimum absolute atomic E-state index is 0.702. The van der Waals surface area contributed by atoms with Gasteiger partial charge in [-0.3, -0.25) is 0 Å². The maximum absolute atomic E-state index is 3.91. The minimum atomic E-state index is 0.702. The highest BCUT2D eigenvalue weighted by Crippen LogP contribution is 2.26. The highest BCUT2D eigenvalue weighted by Gasteiger charge is 2.10. The zero-order valence-corrected chi connectivity index (χ0v) is 11.7. The summed E-state index contributed by atoms with van der Waals surface area (Å²) in [5.41, 5.74) is 4.46. The van der Waals surface area contributed by atoms with Crippen LogP contribution in [0.15, 0.2) is 35.5 Å². The highest BCUT2D eigenvalue weighted by molar-refractivity contribution is 5.29. The molecule has 0 heterocycles. The summed E-state index contributed by atoms with van der Waals surface area (Å²) in [5, 5.41) is 3.46. The predicted molar refractivity (Wildman–Crippen MR) is 77.2 cm³/mol. The van der Waals surface area contributed by atoms with Crippen molar-refractivity contribution in [1.29, 1.82) is 0 Å². The van der Waals surface area contributed by atoms with Gasteiger partial charge in [-0.05, 0) is 50.6 Å². The Labute approximate surface area is 107 Å². The molecule has 0 saturated carbocycles. The zero-order valence-electron chi connectivity index (χ0n) is 11.7. The maximum Gasteiger partial charge on any atom is 0.0159 e. The van der Waals surface area contributed by atoms with Gasteiger partial charge in [0.15, 0.2) is 0 Å². The molecule has 1 rings (SSSR count). The van der Waals surface area contributed by atoms with E-state index in [1.54, 1.807) is 11.1 Å². The standard InChI is InChI=1S/C16H27N/c1-5-15-8-6-7-9-16(15)10-14(4)12-17-11-13(2)3/h7,9,14,17H,2,5-6,8,10-12H2,1,3-4H3. The third kappa shape index (κ3) is 5.36. The Morgan fingerprint density at radius 2 is 2.29 bits per heavy atom. The average Bonchev–Trinajstić information content (AvgIpc) is 2.29. The van der Waals surface area contributed by atoms with Crippen molar-refractivity contribution in [3.05, 3.63) is 35.5 Å². The lowest BCUT2D eigenvalue weighted by Gasteiger charge is -2.19. The molecule has 0 spiro atoms. The van der Waals surface area contributed by atoms with Gasteiger partial charge in [0.2, 0.25) is 0 Å². The van der Waals surface area contributed by atoms with Gasteiger partial charge in [-0.1, -0.05) is 43.7 Å². The summed E-state index contributed by atoms with van der Waals surface area (Å²) in [6, 6.07) is 0. The van der Waals surface area contributed by atoms with Crippen LogP contribution in [0.1, 0.15) is 46.5 Å². The van der Waals surface area contributed by atoms with E-state index in [0.717, 1.165) is 13.1 Å². The van der Waals surface area contributed by atoms with Crippen LogP contribution in [-0.2, 0) is 0 Å². The van der Waals surface area contributed by atoms with Crippen LogP contribution in [0.25, 0.3) is 0 Å². The quantitative estimate of drug-likeness (QED) is 0.649.